The van der Waals surface area contributed by atoms with Crippen LogP contribution in [0.4, 0.5) is 0 Å². The Kier molecular flexibility index (Phi) is 2.34. The molecule has 1 atom stereocenters. The van der Waals surface area contributed by atoms with E-state index in [2.05, 4.69) is 17.4 Å². The molecule has 13 heavy (non-hydrogen) atoms. The quantitative estimate of drug-likeness (QED) is 0.703. The van der Waals surface area contributed by atoms with Crippen LogP contribution >= 0.6 is 0 Å². The molecule has 1 heterocycles. The van der Waals surface area contributed by atoms with Crippen LogP contribution in [0.3, 0.4) is 0 Å². The number of benzene rings is 1. The average molecular weight is 177 g/mol. The molecular formula is C11H15NO. The Labute approximate surface area is 78.6 Å². The van der Waals surface area contributed by atoms with Crippen LogP contribution in [0.1, 0.15) is 12.0 Å². The Morgan fingerprint density at radius 2 is 2.08 bits per heavy atom. The maximum absolute atomic E-state index is 9.43. The summed E-state index contributed by atoms with van der Waals surface area (Å²) in [6.07, 6.45) is 1.04. The molecular weight excluding hydrogens is 162 g/mol. The fourth-order valence-electron chi connectivity index (χ4n) is 2.01. The fourth-order valence-corrected chi connectivity index (χ4v) is 2.01. The van der Waals surface area contributed by atoms with Crippen molar-refractivity contribution in [1.29, 1.82) is 0 Å². The zero-order valence-electron chi connectivity index (χ0n) is 7.66. The van der Waals surface area contributed by atoms with Gasteiger partial charge in [0.25, 0.3) is 0 Å². The monoisotopic (exact) mass is 177 g/mol. The lowest BCUT2D eigenvalue weighted by Crippen LogP contribution is -2.32. The van der Waals surface area contributed by atoms with E-state index in [-0.39, 0.29) is 12.0 Å². The van der Waals surface area contributed by atoms with E-state index in [1.165, 1.54) is 5.56 Å². The predicted octanol–water partition coefficient (Wildman–Crippen LogP) is 0.910. The van der Waals surface area contributed by atoms with Crippen molar-refractivity contribution < 1.29 is 5.11 Å². The number of aliphatic hydroxyl groups excluding tert-OH is 1. The third-order valence-corrected chi connectivity index (χ3v) is 2.93. The topological polar surface area (TPSA) is 32.3 Å². The molecule has 2 nitrogen and oxygen atoms in total. The molecule has 0 radical (unpaired) electrons. The van der Waals surface area contributed by atoms with E-state index in [1.807, 2.05) is 18.2 Å². The Morgan fingerprint density at radius 1 is 1.31 bits per heavy atom. The molecule has 0 aromatic heterocycles. The Morgan fingerprint density at radius 3 is 2.62 bits per heavy atom. The summed E-state index contributed by atoms with van der Waals surface area (Å²) in [6, 6.07) is 10.3. The summed E-state index contributed by atoms with van der Waals surface area (Å²) in [6.45, 7) is 2.15. The maximum Gasteiger partial charge on any atom is 0.0540 e. The van der Waals surface area contributed by atoms with Crippen LogP contribution in [0.2, 0.25) is 0 Å². The van der Waals surface area contributed by atoms with Gasteiger partial charge in [-0.3, -0.25) is 0 Å². The van der Waals surface area contributed by atoms with E-state index in [4.69, 9.17) is 0 Å². The zero-order valence-corrected chi connectivity index (χ0v) is 7.66. The van der Waals surface area contributed by atoms with Crippen LogP contribution in [-0.4, -0.2) is 24.8 Å². The number of hydrogen-bond acceptors (Lipinski definition) is 2. The molecule has 2 heteroatoms. The van der Waals surface area contributed by atoms with Gasteiger partial charge in [-0.25, -0.2) is 0 Å². The van der Waals surface area contributed by atoms with Crippen molar-refractivity contribution in [2.75, 3.05) is 19.7 Å². The second-order valence-corrected chi connectivity index (χ2v) is 3.73. The van der Waals surface area contributed by atoms with Crippen LogP contribution in [0, 0.1) is 0 Å². The van der Waals surface area contributed by atoms with E-state index in [0.29, 0.717) is 0 Å². The molecule has 0 saturated carbocycles. The first-order valence-electron chi connectivity index (χ1n) is 4.74. The highest BCUT2D eigenvalue weighted by Gasteiger charge is 2.34. The van der Waals surface area contributed by atoms with Crippen molar-refractivity contribution in [1.82, 2.24) is 5.32 Å². The summed E-state index contributed by atoms with van der Waals surface area (Å²) in [5.41, 5.74) is 1.23. The first-order chi connectivity index (χ1) is 6.37. The van der Waals surface area contributed by atoms with Gasteiger partial charge >= 0.3 is 0 Å². The highest BCUT2D eigenvalue weighted by molar-refractivity contribution is 5.27. The predicted molar refractivity (Wildman–Crippen MR) is 52.7 cm³/mol. The minimum Gasteiger partial charge on any atom is -0.395 e. The number of rotatable bonds is 2. The van der Waals surface area contributed by atoms with E-state index in [0.717, 1.165) is 19.5 Å². The lowest BCUT2D eigenvalue weighted by atomic mass is 9.81. The Hall–Kier alpha value is -0.860. The minimum atomic E-state index is -0.0265. The lowest BCUT2D eigenvalue weighted by molar-refractivity contribution is 0.205. The summed E-state index contributed by atoms with van der Waals surface area (Å²) in [7, 11) is 0. The van der Waals surface area contributed by atoms with Gasteiger partial charge in [-0.2, -0.15) is 0 Å². The summed E-state index contributed by atoms with van der Waals surface area (Å²) in [5.74, 6) is 0. The van der Waals surface area contributed by atoms with Gasteiger partial charge in [-0.1, -0.05) is 30.3 Å². The highest BCUT2D eigenvalue weighted by atomic mass is 16.3. The highest BCUT2D eigenvalue weighted by Crippen LogP contribution is 2.29. The molecule has 0 amide bonds. The van der Waals surface area contributed by atoms with Gasteiger partial charge in [-0.05, 0) is 18.5 Å². The molecule has 1 fully saturated rings. The number of nitrogens with one attached hydrogen (secondary N) is 1. The SMILES string of the molecule is OCC1(c2ccccc2)CCNC1. The van der Waals surface area contributed by atoms with E-state index >= 15 is 0 Å². The van der Waals surface area contributed by atoms with E-state index < -0.39 is 0 Å². The van der Waals surface area contributed by atoms with Gasteiger partial charge < -0.3 is 10.4 Å². The van der Waals surface area contributed by atoms with Crippen LogP contribution in [-0.2, 0) is 5.41 Å². The molecule has 2 rings (SSSR count). The summed E-state index contributed by atoms with van der Waals surface area (Å²) in [5, 5.41) is 12.7. The molecule has 1 aromatic carbocycles. The third kappa shape index (κ3) is 1.47. The largest absolute Gasteiger partial charge is 0.395 e. The van der Waals surface area contributed by atoms with Gasteiger partial charge in [0.15, 0.2) is 0 Å². The average Bonchev–Trinajstić information content (AvgIpc) is 2.69. The Balaban J connectivity index is 2.31. The third-order valence-electron chi connectivity index (χ3n) is 2.93. The molecule has 2 N–H and O–H groups in total. The normalized spacial score (nSPS) is 27.8. The molecule has 1 aromatic rings. The molecule has 1 aliphatic rings. The van der Waals surface area contributed by atoms with Crippen molar-refractivity contribution in [2.45, 2.75) is 11.8 Å². The van der Waals surface area contributed by atoms with Crippen LogP contribution in [0.5, 0.6) is 0 Å². The van der Waals surface area contributed by atoms with Gasteiger partial charge in [0, 0.05) is 12.0 Å². The molecule has 1 unspecified atom stereocenters. The number of hydrogen-bond donors (Lipinski definition) is 2. The smallest absolute Gasteiger partial charge is 0.0540 e. The lowest BCUT2D eigenvalue weighted by Gasteiger charge is -2.25. The molecule has 1 saturated heterocycles. The molecule has 70 valence electrons. The van der Waals surface area contributed by atoms with Crippen molar-refractivity contribution in [3.63, 3.8) is 0 Å². The first kappa shape index (κ1) is 8.73. The van der Waals surface area contributed by atoms with Gasteiger partial charge in [0.2, 0.25) is 0 Å². The fraction of sp³-hybridized carbons (Fsp3) is 0.455. The zero-order chi connectivity index (χ0) is 9.15. The molecule has 1 aliphatic heterocycles. The minimum absolute atomic E-state index is 0.0265. The molecule has 0 bridgehead atoms. The second kappa shape index (κ2) is 3.48. The summed E-state index contributed by atoms with van der Waals surface area (Å²) < 4.78 is 0. The van der Waals surface area contributed by atoms with Crippen LogP contribution in [0.25, 0.3) is 0 Å². The standard InChI is InChI=1S/C11H15NO/c13-9-11(6-7-12-8-11)10-4-2-1-3-5-10/h1-5,12-13H,6-9H2. The molecule has 0 spiro atoms. The summed E-state index contributed by atoms with van der Waals surface area (Å²) >= 11 is 0. The van der Waals surface area contributed by atoms with E-state index in [9.17, 15) is 5.11 Å². The van der Waals surface area contributed by atoms with Crippen molar-refractivity contribution in [2.24, 2.45) is 0 Å². The van der Waals surface area contributed by atoms with Crippen LogP contribution in [0.15, 0.2) is 30.3 Å². The summed E-state index contributed by atoms with van der Waals surface area (Å²) in [4.78, 5) is 0. The van der Waals surface area contributed by atoms with Gasteiger partial charge in [0.05, 0.1) is 6.61 Å². The van der Waals surface area contributed by atoms with Crippen LogP contribution < -0.4 is 5.32 Å². The maximum atomic E-state index is 9.43. The molecule has 0 aliphatic carbocycles. The van der Waals surface area contributed by atoms with Crippen molar-refractivity contribution >= 4 is 0 Å². The Bertz CT molecular complexity index is 265. The first-order valence-corrected chi connectivity index (χ1v) is 4.74. The van der Waals surface area contributed by atoms with E-state index in [1.54, 1.807) is 0 Å². The van der Waals surface area contributed by atoms with Gasteiger partial charge in [0.1, 0.15) is 0 Å². The second-order valence-electron chi connectivity index (χ2n) is 3.73. The van der Waals surface area contributed by atoms with Crippen molar-refractivity contribution in [3.05, 3.63) is 35.9 Å². The number of aliphatic hydroxyl groups is 1. The van der Waals surface area contributed by atoms with Crippen molar-refractivity contribution in [3.8, 4) is 0 Å². The van der Waals surface area contributed by atoms with Gasteiger partial charge in [-0.15, -0.1) is 0 Å².